The first-order valence-corrected chi connectivity index (χ1v) is 5.30. The van der Waals surface area contributed by atoms with Crippen molar-refractivity contribution in [1.29, 1.82) is 5.26 Å². The molecule has 0 aromatic heterocycles. The molecule has 1 aliphatic rings. The zero-order chi connectivity index (χ0) is 14.2. The predicted molar refractivity (Wildman–Crippen MR) is 58.7 cm³/mol. The highest BCUT2D eigenvalue weighted by Gasteiger charge is 2.38. The molecule has 0 spiro atoms. The van der Waals surface area contributed by atoms with Gasteiger partial charge in [-0.05, 0) is 25.8 Å². The minimum Gasteiger partial charge on any atom is -0.475 e. The van der Waals surface area contributed by atoms with Crippen molar-refractivity contribution in [2.75, 3.05) is 13.1 Å². The van der Waals surface area contributed by atoms with Crippen molar-refractivity contribution < 1.29 is 23.1 Å². The molecule has 0 radical (unpaired) electrons. The summed E-state index contributed by atoms with van der Waals surface area (Å²) in [5.41, 5.74) is -0.153. The van der Waals surface area contributed by atoms with Gasteiger partial charge in [0.1, 0.15) is 0 Å². The molecule has 102 valence electrons. The largest absolute Gasteiger partial charge is 0.490 e. The van der Waals surface area contributed by atoms with E-state index in [0.717, 1.165) is 32.4 Å². The normalized spacial score (nSPS) is 23.2. The first kappa shape index (κ1) is 16.4. The smallest absolute Gasteiger partial charge is 0.475 e. The van der Waals surface area contributed by atoms with Crippen LogP contribution in [0.5, 0.6) is 0 Å². The zero-order valence-electron chi connectivity index (χ0n) is 9.76. The second-order valence-corrected chi connectivity index (χ2v) is 3.97. The summed E-state index contributed by atoms with van der Waals surface area (Å²) in [4.78, 5) is 8.90. The number of aliphatic carboxylic acids is 1. The summed E-state index contributed by atoms with van der Waals surface area (Å²) >= 11 is 0. The van der Waals surface area contributed by atoms with Crippen LogP contribution in [-0.2, 0) is 4.79 Å². The lowest BCUT2D eigenvalue weighted by molar-refractivity contribution is -0.192. The van der Waals surface area contributed by atoms with Gasteiger partial charge >= 0.3 is 12.1 Å². The number of hydrogen-bond acceptors (Lipinski definition) is 3. The minimum absolute atomic E-state index is 0.153. The maximum Gasteiger partial charge on any atom is 0.490 e. The fraction of sp³-hybridized carbons (Fsp3) is 0.636. The number of carbonyl (C=O) groups is 1. The first-order valence-electron chi connectivity index (χ1n) is 5.30. The standard InChI is InChI=1S/C9H14N2.C2HF3O2/c1-2-4-9(7-10)5-3-6-11-8-9;3-2(4,5)1(6)7/h2,11H,1,3-6,8H2;(H,6,7). The molecule has 0 saturated carbocycles. The predicted octanol–water partition coefficient (Wildman–Crippen LogP) is 2.09. The highest BCUT2D eigenvalue weighted by molar-refractivity contribution is 5.73. The van der Waals surface area contributed by atoms with E-state index in [0.29, 0.717) is 0 Å². The van der Waals surface area contributed by atoms with Crippen molar-refractivity contribution in [3.8, 4) is 6.07 Å². The van der Waals surface area contributed by atoms with E-state index in [1.807, 2.05) is 6.08 Å². The van der Waals surface area contributed by atoms with Gasteiger partial charge in [0.25, 0.3) is 0 Å². The first-order chi connectivity index (χ1) is 8.27. The van der Waals surface area contributed by atoms with Crippen LogP contribution >= 0.6 is 0 Å². The second kappa shape index (κ2) is 7.01. The molecular formula is C11H15F3N2O2. The van der Waals surface area contributed by atoms with Gasteiger partial charge < -0.3 is 10.4 Å². The second-order valence-electron chi connectivity index (χ2n) is 3.97. The van der Waals surface area contributed by atoms with Gasteiger partial charge in [-0.1, -0.05) is 6.08 Å². The van der Waals surface area contributed by atoms with E-state index >= 15 is 0 Å². The third kappa shape index (κ3) is 5.68. The molecule has 4 nitrogen and oxygen atoms in total. The molecule has 1 fully saturated rings. The topological polar surface area (TPSA) is 73.1 Å². The number of carboxylic acid groups (broad SMARTS) is 1. The van der Waals surface area contributed by atoms with Gasteiger partial charge in [-0.25, -0.2) is 4.79 Å². The van der Waals surface area contributed by atoms with E-state index in [1.54, 1.807) is 0 Å². The number of alkyl halides is 3. The lowest BCUT2D eigenvalue weighted by atomic mass is 9.79. The lowest BCUT2D eigenvalue weighted by Crippen LogP contribution is -2.38. The van der Waals surface area contributed by atoms with Gasteiger partial charge in [0, 0.05) is 6.54 Å². The van der Waals surface area contributed by atoms with Crippen molar-refractivity contribution in [2.24, 2.45) is 5.41 Å². The molecule has 0 bridgehead atoms. The number of piperidine rings is 1. The molecule has 7 heteroatoms. The summed E-state index contributed by atoms with van der Waals surface area (Å²) in [7, 11) is 0. The third-order valence-electron chi connectivity index (χ3n) is 2.49. The molecule has 1 heterocycles. The number of allylic oxidation sites excluding steroid dienone is 1. The Morgan fingerprint density at radius 3 is 2.44 bits per heavy atom. The summed E-state index contributed by atoms with van der Waals surface area (Å²) in [6, 6.07) is 2.38. The van der Waals surface area contributed by atoms with E-state index in [-0.39, 0.29) is 5.41 Å². The molecular weight excluding hydrogens is 249 g/mol. The molecule has 2 N–H and O–H groups in total. The van der Waals surface area contributed by atoms with E-state index in [1.165, 1.54) is 0 Å². The zero-order valence-corrected chi connectivity index (χ0v) is 9.76. The average molecular weight is 264 g/mol. The van der Waals surface area contributed by atoms with E-state index < -0.39 is 12.1 Å². The number of nitrogens with one attached hydrogen (secondary N) is 1. The molecule has 0 aromatic rings. The molecule has 18 heavy (non-hydrogen) atoms. The molecule has 0 aromatic carbocycles. The van der Waals surface area contributed by atoms with Crippen LogP contribution in [0.15, 0.2) is 12.7 Å². The number of nitriles is 1. The summed E-state index contributed by atoms with van der Waals surface area (Å²) in [6.07, 6.45) is -0.295. The molecule has 0 amide bonds. The maximum absolute atomic E-state index is 10.6. The van der Waals surface area contributed by atoms with Crippen molar-refractivity contribution in [3.05, 3.63) is 12.7 Å². The van der Waals surface area contributed by atoms with Crippen LogP contribution in [0, 0.1) is 16.7 Å². The number of halogens is 3. The van der Waals surface area contributed by atoms with Crippen LogP contribution in [0.1, 0.15) is 19.3 Å². The number of nitrogens with zero attached hydrogens (tertiary/aromatic N) is 1. The van der Waals surface area contributed by atoms with Crippen molar-refractivity contribution in [1.82, 2.24) is 5.32 Å². The Hall–Kier alpha value is -1.55. The SMILES string of the molecule is C=CCC1(C#N)CCCNC1.O=C(O)C(F)(F)F. The molecule has 1 saturated heterocycles. The van der Waals surface area contributed by atoms with Gasteiger partial charge in [0.15, 0.2) is 0 Å². The molecule has 1 rings (SSSR count). The molecule has 0 aliphatic carbocycles. The van der Waals surface area contributed by atoms with Crippen molar-refractivity contribution >= 4 is 5.97 Å². The van der Waals surface area contributed by atoms with E-state index in [4.69, 9.17) is 15.2 Å². The Morgan fingerprint density at radius 1 is 1.61 bits per heavy atom. The number of carboxylic acids is 1. The number of rotatable bonds is 2. The van der Waals surface area contributed by atoms with Crippen LogP contribution in [0.4, 0.5) is 13.2 Å². The van der Waals surface area contributed by atoms with Crippen LogP contribution in [0.25, 0.3) is 0 Å². The van der Waals surface area contributed by atoms with Gasteiger partial charge in [0.05, 0.1) is 11.5 Å². The number of hydrogen-bond donors (Lipinski definition) is 2. The Kier molecular flexibility index (Phi) is 6.41. The monoisotopic (exact) mass is 264 g/mol. The van der Waals surface area contributed by atoms with E-state index in [2.05, 4.69) is 18.0 Å². The van der Waals surface area contributed by atoms with Crippen LogP contribution in [-0.4, -0.2) is 30.3 Å². The minimum atomic E-state index is -5.08. The summed E-state index contributed by atoms with van der Waals surface area (Å²) < 4.78 is 31.7. The summed E-state index contributed by atoms with van der Waals surface area (Å²) in [5.74, 6) is -2.76. The molecule has 1 unspecified atom stereocenters. The fourth-order valence-electron chi connectivity index (χ4n) is 1.56. The summed E-state index contributed by atoms with van der Waals surface area (Å²) in [5, 5.41) is 19.3. The quantitative estimate of drug-likeness (QED) is 0.749. The van der Waals surface area contributed by atoms with Crippen molar-refractivity contribution in [2.45, 2.75) is 25.4 Å². The maximum atomic E-state index is 10.6. The van der Waals surface area contributed by atoms with Gasteiger partial charge in [0.2, 0.25) is 0 Å². The Morgan fingerprint density at radius 2 is 2.17 bits per heavy atom. The highest BCUT2D eigenvalue weighted by atomic mass is 19.4. The molecule has 1 aliphatic heterocycles. The van der Waals surface area contributed by atoms with Crippen LogP contribution in [0.2, 0.25) is 0 Å². The van der Waals surface area contributed by atoms with Crippen LogP contribution in [0.3, 0.4) is 0 Å². The Balaban J connectivity index is 0.000000360. The Bertz CT molecular complexity index is 328. The fourth-order valence-corrected chi connectivity index (χ4v) is 1.56. The average Bonchev–Trinajstić information content (AvgIpc) is 2.30. The Labute approximate surface area is 103 Å². The highest BCUT2D eigenvalue weighted by Crippen LogP contribution is 2.29. The van der Waals surface area contributed by atoms with Crippen LogP contribution < -0.4 is 5.32 Å². The lowest BCUT2D eigenvalue weighted by Gasteiger charge is -2.29. The van der Waals surface area contributed by atoms with Gasteiger partial charge in [-0.3, -0.25) is 0 Å². The van der Waals surface area contributed by atoms with Crippen molar-refractivity contribution in [3.63, 3.8) is 0 Å². The van der Waals surface area contributed by atoms with Gasteiger partial charge in [-0.2, -0.15) is 18.4 Å². The third-order valence-corrected chi connectivity index (χ3v) is 2.49. The van der Waals surface area contributed by atoms with Gasteiger partial charge in [-0.15, -0.1) is 6.58 Å². The molecule has 1 atom stereocenters. The van der Waals surface area contributed by atoms with E-state index in [9.17, 15) is 13.2 Å². The summed E-state index contributed by atoms with van der Waals surface area (Å²) in [6.45, 7) is 5.55.